The predicted octanol–water partition coefficient (Wildman–Crippen LogP) is 3.82. The van der Waals surface area contributed by atoms with Gasteiger partial charge in [-0.1, -0.05) is 0 Å². The number of rotatable bonds is 5. The lowest BCUT2D eigenvalue weighted by atomic mass is 10.1. The van der Waals surface area contributed by atoms with E-state index in [4.69, 9.17) is 14.7 Å². The molecule has 5 heterocycles. The standard InChI is InChI=1S/C27H28FN9O4/c28-22-21(2-1-9-29-22)32-26(38)31-18-5-3-17(4-6-18)23-33-24(35-12-14-41-15-13-35)20-16-30-37(25(20)34-23)19-7-10-36(11-8-19)27(39)40/h1-6,9,16,19H,7-8,10-15H2,(H,39,40)(H2,31,32,38). The van der Waals surface area contributed by atoms with Gasteiger partial charge in [0.15, 0.2) is 11.5 Å². The lowest BCUT2D eigenvalue weighted by molar-refractivity contribution is 0.122. The van der Waals surface area contributed by atoms with Crippen molar-refractivity contribution in [1.29, 1.82) is 0 Å². The second-order valence-corrected chi connectivity index (χ2v) is 9.80. The Hall–Kier alpha value is -4.85. The first-order valence-corrected chi connectivity index (χ1v) is 13.3. The molecule has 0 aliphatic carbocycles. The maximum absolute atomic E-state index is 13.8. The molecule has 2 aliphatic heterocycles. The van der Waals surface area contributed by atoms with Crippen molar-refractivity contribution in [2.45, 2.75) is 18.9 Å². The van der Waals surface area contributed by atoms with Crippen LogP contribution in [0.3, 0.4) is 0 Å². The van der Waals surface area contributed by atoms with E-state index in [0.29, 0.717) is 69.4 Å². The monoisotopic (exact) mass is 561 g/mol. The first-order chi connectivity index (χ1) is 20.0. The number of aromatic nitrogens is 5. The van der Waals surface area contributed by atoms with Gasteiger partial charge in [0.25, 0.3) is 0 Å². The lowest BCUT2D eigenvalue weighted by Gasteiger charge is -2.30. The lowest BCUT2D eigenvalue weighted by Crippen LogP contribution is -2.38. The maximum Gasteiger partial charge on any atom is 0.407 e. The van der Waals surface area contributed by atoms with Crippen molar-refractivity contribution >= 4 is 40.4 Å². The number of ether oxygens (including phenoxy) is 1. The van der Waals surface area contributed by atoms with Crippen molar-refractivity contribution < 1.29 is 23.8 Å². The average Bonchev–Trinajstić information content (AvgIpc) is 3.43. The summed E-state index contributed by atoms with van der Waals surface area (Å²) < 4.78 is 21.2. The van der Waals surface area contributed by atoms with Gasteiger partial charge in [0.1, 0.15) is 5.82 Å². The van der Waals surface area contributed by atoms with Gasteiger partial charge < -0.3 is 30.3 Å². The van der Waals surface area contributed by atoms with Crippen molar-refractivity contribution in [1.82, 2.24) is 29.6 Å². The van der Waals surface area contributed by atoms with Crippen LogP contribution in [0.4, 0.5) is 31.2 Å². The van der Waals surface area contributed by atoms with E-state index < -0.39 is 18.1 Å². The predicted molar refractivity (Wildman–Crippen MR) is 148 cm³/mol. The van der Waals surface area contributed by atoms with Gasteiger partial charge in [-0.05, 0) is 49.2 Å². The first-order valence-electron chi connectivity index (χ1n) is 13.3. The first kappa shape index (κ1) is 26.4. The SMILES string of the molecule is O=C(Nc1ccc(-c2nc(N3CCOCC3)c3cnn(C4CCN(C(=O)O)CC4)c3n2)cc1)Nc1cccnc1F. The molecular weight excluding hydrogens is 533 g/mol. The zero-order valence-corrected chi connectivity index (χ0v) is 22.0. The fourth-order valence-corrected chi connectivity index (χ4v) is 5.09. The Labute approximate surface area is 234 Å². The topological polar surface area (TPSA) is 151 Å². The molecule has 2 saturated heterocycles. The number of fused-ring (bicyclic) bond motifs is 1. The number of likely N-dealkylation sites (tertiary alicyclic amines) is 1. The number of carbonyl (C=O) groups excluding carboxylic acids is 1. The Morgan fingerprint density at radius 2 is 1.76 bits per heavy atom. The van der Waals surface area contributed by atoms with Crippen LogP contribution in [0.1, 0.15) is 18.9 Å². The third-order valence-corrected chi connectivity index (χ3v) is 7.23. The van der Waals surface area contributed by atoms with E-state index in [9.17, 15) is 19.1 Å². The highest BCUT2D eigenvalue weighted by molar-refractivity contribution is 5.99. The number of nitrogens with zero attached hydrogens (tertiary/aromatic N) is 7. The summed E-state index contributed by atoms with van der Waals surface area (Å²) in [4.78, 5) is 40.7. The smallest absolute Gasteiger partial charge is 0.407 e. The number of halogens is 1. The van der Waals surface area contributed by atoms with E-state index in [2.05, 4.69) is 25.6 Å². The van der Waals surface area contributed by atoms with Gasteiger partial charge in [0.2, 0.25) is 5.95 Å². The van der Waals surface area contributed by atoms with Gasteiger partial charge in [0, 0.05) is 43.6 Å². The minimum atomic E-state index is -0.910. The van der Waals surface area contributed by atoms with Crippen LogP contribution in [0.15, 0.2) is 48.8 Å². The van der Waals surface area contributed by atoms with Crippen LogP contribution in [-0.4, -0.2) is 86.3 Å². The molecule has 3 N–H and O–H groups in total. The van der Waals surface area contributed by atoms with Gasteiger partial charge in [0.05, 0.1) is 36.5 Å². The highest BCUT2D eigenvalue weighted by Gasteiger charge is 2.27. The number of carbonyl (C=O) groups is 2. The Kier molecular flexibility index (Phi) is 7.29. The average molecular weight is 562 g/mol. The number of nitrogens with one attached hydrogen (secondary N) is 2. The van der Waals surface area contributed by atoms with Crippen molar-refractivity contribution in [2.24, 2.45) is 0 Å². The van der Waals surface area contributed by atoms with Crippen LogP contribution >= 0.6 is 0 Å². The molecule has 0 bridgehead atoms. The molecule has 3 amide bonds. The van der Waals surface area contributed by atoms with Crippen molar-refractivity contribution in [3.05, 3.63) is 54.7 Å². The molecule has 6 rings (SSSR count). The number of anilines is 3. The number of urea groups is 1. The minimum absolute atomic E-state index is 0.0122. The Balaban J connectivity index is 1.28. The fraction of sp³-hybridized carbons (Fsp3) is 0.333. The molecule has 0 radical (unpaired) electrons. The summed E-state index contributed by atoms with van der Waals surface area (Å²) >= 11 is 0. The Morgan fingerprint density at radius 1 is 1.00 bits per heavy atom. The number of benzene rings is 1. The zero-order chi connectivity index (χ0) is 28.3. The van der Waals surface area contributed by atoms with Crippen molar-refractivity contribution in [3.8, 4) is 11.4 Å². The third-order valence-electron chi connectivity index (χ3n) is 7.23. The van der Waals surface area contributed by atoms with E-state index >= 15 is 0 Å². The Bertz CT molecular complexity index is 1570. The van der Waals surface area contributed by atoms with Gasteiger partial charge in [-0.3, -0.25) is 0 Å². The summed E-state index contributed by atoms with van der Waals surface area (Å²) in [6, 6.07) is 9.40. The van der Waals surface area contributed by atoms with Gasteiger partial charge in [-0.25, -0.2) is 29.2 Å². The van der Waals surface area contributed by atoms with Crippen LogP contribution in [0.5, 0.6) is 0 Å². The summed E-state index contributed by atoms with van der Waals surface area (Å²) in [7, 11) is 0. The summed E-state index contributed by atoms with van der Waals surface area (Å²) in [6.45, 7) is 3.42. The summed E-state index contributed by atoms with van der Waals surface area (Å²) in [5.74, 6) is 0.494. The van der Waals surface area contributed by atoms with Crippen LogP contribution in [0.25, 0.3) is 22.4 Å². The molecule has 0 unspecified atom stereocenters. The largest absolute Gasteiger partial charge is 0.465 e. The van der Waals surface area contributed by atoms with Crippen LogP contribution < -0.4 is 15.5 Å². The molecular formula is C27H28FN9O4. The van der Waals surface area contributed by atoms with E-state index in [1.54, 1.807) is 30.5 Å². The number of hydrogen-bond acceptors (Lipinski definition) is 8. The molecule has 2 aliphatic rings. The minimum Gasteiger partial charge on any atom is -0.465 e. The molecule has 3 aromatic heterocycles. The zero-order valence-electron chi connectivity index (χ0n) is 22.0. The molecule has 2 fully saturated rings. The van der Waals surface area contributed by atoms with Gasteiger partial charge in [-0.15, -0.1) is 0 Å². The highest BCUT2D eigenvalue weighted by Crippen LogP contribution is 2.32. The van der Waals surface area contributed by atoms with Crippen molar-refractivity contribution in [2.75, 3.05) is 54.9 Å². The number of carboxylic acid groups (broad SMARTS) is 1. The fourth-order valence-electron chi connectivity index (χ4n) is 5.09. The number of pyridine rings is 1. The molecule has 0 saturated carbocycles. The molecule has 1 aromatic carbocycles. The second kappa shape index (κ2) is 11.3. The molecule has 41 heavy (non-hydrogen) atoms. The molecule has 212 valence electrons. The summed E-state index contributed by atoms with van der Waals surface area (Å²) in [5, 5.41) is 20.0. The van der Waals surface area contributed by atoms with Gasteiger partial charge in [-0.2, -0.15) is 9.49 Å². The number of morpholine rings is 1. The number of piperidine rings is 1. The van der Waals surface area contributed by atoms with E-state index in [-0.39, 0.29) is 11.7 Å². The maximum atomic E-state index is 13.8. The van der Waals surface area contributed by atoms with Gasteiger partial charge >= 0.3 is 12.1 Å². The number of amides is 3. The summed E-state index contributed by atoms with van der Waals surface area (Å²) in [6.07, 6.45) is 3.45. The van der Waals surface area contributed by atoms with Crippen LogP contribution in [0.2, 0.25) is 0 Å². The van der Waals surface area contributed by atoms with Crippen LogP contribution in [-0.2, 0) is 4.74 Å². The highest BCUT2D eigenvalue weighted by atomic mass is 19.1. The molecule has 13 nitrogen and oxygen atoms in total. The quantitative estimate of drug-likeness (QED) is 0.309. The van der Waals surface area contributed by atoms with Crippen molar-refractivity contribution in [3.63, 3.8) is 0 Å². The van der Waals surface area contributed by atoms with Crippen LogP contribution in [0, 0.1) is 5.95 Å². The number of hydrogen-bond donors (Lipinski definition) is 3. The third kappa shape index (κ3) is 5.59. The van der Waals surface area contributed by atoms with E-state index in [1.807, 2.05) is 4.68 Å². The second-order valence-electron chi connectivity index (χ2n) is 9.80. The summed E-state index contributed by atoms with van der Waals surface area (Å²) in [5.41, 5.74) is 1.90. The molecule has 4 aromatic rings. The molecule has 0 atom stereocenters. The van der Waals surface area contributed by atoms with E-state index in [0.717, 1.165) is 16.8 Å². The van der Waals surface area contributed by atoms with E-state index in [1.165, 1.54) is 23.2 Å². The normalized spacial score (nSPS) is 16.1. The Morgan fingerprint density at radius 3 is 2.46 bits per heavy atom. The molecule has 14 heteroatoms. The molecule has 0 spiro atoms.